The third-order valence-electron chi connectivity index (χ3n) is 2.15. The minimum absolute atomic E-state index is 0.00649. The summed E-state index contributed by atoms with van der Waals surface area (Å²) >= 11 is 5.90. The standard InChI is InChI=1S/C10H13ClN2O3/c1-7(6-14)12-5-8-4-9(13(15)16)2-3-10(8)11/h2-4,7,12,14H,5-6H2,1H3/t7-/m0/s1. The van der Waals surface area contributed by atoms with Gasteiger partial charge in [0.1, 0.15) is 0 Å². The molecule has 0 aliphatic rings. The average molecular weight is 245 g/mol. The maximum atomic E-state index is 10.6. The van der Waals surface area contributed by atoms with Gasteiger partial charge in [0.25, 0.3) is 5.69 Å². The first kappa shape index (κ1) is 12.9. The fourth-order valence-electron chi connectivity index (χ4n) is 1.16. The molecule has 0 unspecified atom stereocenters. The molecule has 2 N–H and O–H groups in total. The quantitative estimate of drug-likeness (QED) is 0.611. The monoisotopic (exact) mass is 244 g/mol. The van der Waals surface area contributed by atoms with Crippen LogP contribution in [0.15, 0.2) is 18.2 Å². The van der Waals surface area contributed by atoms with E-state index in [4.69, 9.17) is 16.7 Å². The highest BCUT2D eigenvalue weighted by Crippen LogP contribution is 2.21. The summed E-state index contributed by atoms with van der Waals surface area (Å²) in [6.07, 6.45) is 0. The molecule has 16 heavy (non-hydrogen) atoms. The van der Waals surface area contributed by atoms with Crippen LogP contribution in [0.4, 0.5) is 5.69 Å². The van der Waals surface area contributed by atoms with Crippen molar-refractivity contribution in [3.63, 3.8) is 0 Å². The number of nitrogens with one attached hydrogen (secondary N) is 1. The van der Waals surface area contributed by atoms with Crippen LogP contribution in [0.2, 0.25) is 5.02 Å². The zero-order valence-corrected chi connectivity index (χ0v) is 9.57. The lowest BCUT2D eigenvalue weighted by atomic mass is 10.2. The van der Waals surface area contributed by atoms with E-state index in [1.165, 1.54) is 18.2 Å². The molecule has 0 fully saturated rings. The topological polar surface area (TPSA) is 75.4 Å². The molecule has 1 aromatic rings. The number of nitrogens with zero attached hydrogens (tertiary/aromatic N) is 1. The van der Waals surface area contributed by atoms with Crippen molar-refractivity contribution in [1.29, 1.82) is 0 Å². The molecule has 1 atom stereocenters. The van der Waals surface area contributed by atoms with Crippen LogP contribution in [0, 0.1) is 10.1 Å². The first-order valence-corrected chi connectivity index (χ1v) is 5.19. The van der Waals surface area contributed by atoms with Crippen LogP contribution in [-0.4, -0.2) is 22.7 Å². The minimum atomic E-state index is -0.463. The highest BCUT2D eigenvalue weighted by Gasteiger charge is 2.10. The van der Waals surface area contributed by atoms with Gasteiger partial charge in [-0.15, -0.1) is 0 Å². The van der Waals surface area contributed by atoms with Gasteiger partial charge in [-0.25, -0.2) is 0 Å². The van der Waals surface area contributed by atoms with E-state index in [9.17, 15) is 10.1 Å². The number of non-ortho nitro benzene ring substituents is 1. The van der Waals surface area contributed by atoms with Crippen molar-refractivity contribution < 1.29 is 10.0 Å². The third-order valence-corrected chi connectivity index (χ3v) is 2.52. The fourth-order valence-corrected chi connectivity index (χ4v) is 1.34. The predicted octanol–water partition coefficient (Wildman–Crippen LogP) is 1.72. The number of nitro groups is 1. The van der Waals surface area contributed by atoms with E-state index in [-0.39, 0.29) is 18.3 Å². The number of rotatable bonds is 5. The lowest BCUT2D eigenvalue weighted by Crippen LogP contribution is -2.28. The Morgan fingerprint density at radius 1 is 1.62 bits per heavy atom. The molecule has 5 nitrogen and oxygen atoms in total. The molecule has 0 saturated heterocycles. The average Bonchev–Trinajstić information content (AvgIpc) is 2.27. The molecule has 0 bridgehead atoms. The van der Waals surface area contributed by atoms with E-state index in [1.54, 1.807) is 0 Å². The summed E-state index contributed by atoms with van der Waals surface area (Å²) in [6.45, 7) is 2.21. The van der Waals surface area contributed by atoms with Crippen LogP contribution in [0.5, 0.6) is 0 Å². The Morgan fingerprint density at radius 3 is 2.88 bits per heavy atom. The predicted molar refractivity (Wildman–Crippen MR) is 61.5 cm³/mol. The van der Waals surface area contributed by atoms with Gasteiger partial charge in [-0.05, 0) is 18.6 Å². The van der Waals surface area contributed by atoms with E-state index in [2.05, 4.69) is 5.32 Å². The van der Waals surface area contributed by atoms with Crippen LogP contribution >= 0.6 is 11.6 Å². The number of benzene rings is 1. The van der Waals surface area contributed by atoms with Gasteiger partial charge in [0.05, 0.1) is 11.5 Å². The Morgan fingerprint density at radius 2 is 2.31 bits per heavy atom. The molecule has 0 aliphatic carbocycles. The molecule has 0 spiro atoms. The summed E-state index contributed by atoms with van der Waals surface area (Å²) in [4.78, 5) is 10.1. The Hall–Kier alpha value is -1.17. The van der Waals surface area contributed by atoms with Crippen LogP contribution in [-0.2, 0) is 6.54 Å². The first-order valence-electron chi connectivity index (χ1n) is 4.81. The van der Waals surface area contributed by atoms with Gasteiger partial charge in [-0.2, -0.15) is 0 Å². The van der Waals surface area contributed by atoms with Gasteiger partial charge in [-0.3, -0.25) is 10.1 Å². The lowest BCUT2D eigenvalue weighted by Gasteiger charge is -2.11. The van der Waals surface area contributed by atoms with Crippen LogP contribution in [0.1, 0.15) is 12.5 Å². The fraction of sp³-hybridized carbons (Fsp3) is 0.400. The summed E-state index contributed by atoms with van der Waals surface area (Å²) < 4.78 is 0. The molecule has 0 heterocycles. The second-order valence-electron chi connectivity index (χ2n) is 3.50. The summed E-state index contributed by atoms with van der Waals surface area (Å²) in [5.74, 6) is 0. The number of nitro benzene ring substituents is 1. The van der Waals surface area contributed by atoms with Crippen LogP contribution < -0.4 is 5.32 Å². The van der Waals surface area contributed by atoms with E-state index in [1.807, 2.05) is 6.92 Å². The maximum Gasteiger partial charge on any atom is 0.269 e. The summed E-state index contributed by atoms with van der Waals surface area (Å²) in [6, 6.07) is 4.22. The van der Waals surface area contributed by atoms with E-state index >= 15 is 0 Å². The minimum Gasteiger partial charge on any atom is -0.395 e. The summed E-state index contributed by atoms with van der Waals surface area (Å²) in [7, 11) is 0. The van der Waals surface area contributed by atoms with Gasteiger partial charge < -0.3 is 10.4 Å². The van der Waals surface area contributed by atoms with Crippen molar-refractivity contribution >= 4 is 17.3 Å². The van der Waals surface area contributed by atoms with E-state index in [0.717, 1.165) is 0 Å². The number of aliphatic hydroxyl groups is 1. The molecular weight excluding hydrogens is 232 g/mol. The Balaban J connectivity index is 2.78. The number of hydrogen-bond acceptors (Lipinski definition) is 4. The van der Waals surface area contributed by atoms with Crippen LogP contribution in [0.3, 0.4) is 0 Å². The third kappa shape index (κ3) is 3.44. The SMILES string of the molecule is C[C@@H](CO)NCc1cc([N+](=O)[O-])ccc1Cl. The maximum absolute atomic E-state index is 10.6. The summed E-state index contributed by atoms with van der Waals surface area (Å²) in [5, 5.41) is 22.9. The second-order valence-corrected chi connectivity index (χ2v) is 3.90. The molecule has 0 amide bonds. The summed E-state index contributed by atoms with van der Waals surface area (Å²) in [5.41, 5.74) is 0.661. The molecule has 1 rings (SSSR count). The molecule has 6 heteroatoms. The normalized spacial score (nSPS) is 12.4. The van der Waals surface area contributed by atoms with Crippen molar-refractivity contribution in [1.82, 2.24) is 5.32 Å². The highest BCUT2D eigenvalue weighted by atomic mass is 35.5. The Labute approximate surface area is 98.2 Å². The van der Waals surface area contributed by atoms with Crippen molar-refractivity contribution in [2.24, 2.45) is 0 Å². The van der Waals surface area contributed by atoms with Gasteiger partial charge in [-0.1, -0.05) is 11.6 Å². The molecule has 0 radical (unpaired) electrons. The first-order chi connectivity index (χ1) is 7.54. The Kier molecular flexibility index (Phi) is 4.67. The zero-order chi connectivity index (χ0) is 12.1. The van der Waals surface area contributed by atoms with Crippen LogP contribution in [0.25, 0.3) is 0 Å². The van der Waals surface area contributed by atoms with E-state index < -0.39 is 4.92 Å². The molecule has 0 aliphatic heterocycles. The van der Waals surface area contributed by atoms with Gasteiger partial charge in [0.2, 0.25) is 0 Å². The lowest BCUT2D eigenvalue weighted by molar-refractivity contribution is -0.384. The van der Waals surface area contributed by atoms with Gasteiger partial charge in [0, 0.05) is 29.7 Å². The van der Waals surface area contributed by atoms with Crippen molar-refractivity contribution in [3.05, 3.63) is 38.9 Å². The smallest absolute Gasteiger partial charge is 0.269 e. The molecule has 0 aromatic heterocycles. The number of halogens is 1. The molecule has 0 saturated carbocycles. The molecular formula is C10H13ClN2O3. The highest BCUT2D eigenvalue weighted by molar-refractivity contribution is 6.31. The number of aliphatic hydroxyl groups excluding tert-OH is 1. The van der Waals surface area contributed by atoms with Gasteiger partial charge >= 0.3 is 0 Å². The second kappa shape index (κ2) is 5.79. The van der Waals surface area contributed by atoms with Gasteiger partial charge in [0.15, 0.2) is 0 Å². The molecule has 1 aromatic carbocycles. The van der Waals surface area contributed by atoms with Crippen molar-refractivity contribution in [3.8, 4) is 0 Å². The van der Waals surface area contributed by atoms with Crippen molar-refractivity contribution in [2.75, 3.05) is 6.61 Å². The van der Waals surface area contributed by atoms with Crippen molar-refractivity contribution in [2.45, 2.75) is 19.5 Å². The molecule has 88 valence electrons. The van der Waals surface area contributed by atoms with E-state index in [0.29, 0.717) is 17.1 Å². The number of hydrogen-bond donors (Lipinski definition) is 2. The largest absolute Gasteiger partial charge is 0.395 e. The Bertz CT molecular complexity index is 384. The zero-order valence-electron chi connectivity index (χ0n) is 8.81.